The molecule has 0 saturated carbocycles. The van der Waals surface area contributed by atoms with Crippen LogP contribution < -0.4 is 0 Å². The zero-order valence-electron chi connectivity index (χ0n) is 9.32. The number of carboxylic acids is 1. The van der Waals surface area contributed by atoms with E-state index in [1.807, 2.05) is 30.3 Å². The van der Waals surface area contributed by atoms with Crippen molar-refractivity contribution in [3.63, 3.8) is 0 Å². The van der Waals surface area contributed by atoms with Crippen LogP contribution in [0.25, 0.3) is 16.6 Å². The third-order valence-corrected chi connectivity index (χ3v) is 2.69. The largest absolute Gasteiger partial charge is 0.476 e. The van der Waals surface area contributed by atoms with E-state index in [1.165, 1.54) is 12.5 Å². The van der Waals surface area contributed by atoms with Gasteiger partial charge in [-0.2, -0.15) is 0 Å². The Hall–Kier alpha value is -2.69. The van der Waals surface area contributed by atoms with Gasteiger partial charge in [0.25, 0.3) is 0 Å². The molecule has 5 nitrogen and oxygen atoms in total. The SMILES string of the molecule is O=C(O)c1cn(-c2cccc3cccnc23)cn1. The summed E-state index contributed by atoms with van der Waals surface area (Å²) >= 11 is 0. The number of carboxylic acid groups (broad SMARTS) is 1. The van der Waals surface area contributed by atoms with Gasteiger partial charge in [0.15, 0.2) is 5.69 Å². The van der Waals surface area contributed by atoms with Crippen molar-refractivity contribution in [1.29, 1.82) is 0 Å². The van der Waals surface area contributed by atoms with Gasteiger partial charge in [-0.3, -0.25) is 4.98 Å². The Balaban J connectivity index is 2.21. The lowest BCUT2D eigenvalue weighted by Crippen LogP contribution is -1.96. The summed E-state index contributed by atoms with van der Waals surface area (Å²) in [5, 5.41) is 9.87. The topological polar surface area (TPSA) is 68.0 Å². The van der Waals surface area contributed by atoms with Crippen LogP contribution in [0.15, 0.2) is 49.1 Å². The predicted octanol–water partition coefficient (Wildman–Crippen LogP) is 2.12. The van der Waals surface area contributed by atoms with E-state index in [0.29, 0.717) is 0 Å². The zero-order valence-corrected chi connectivity index (χ0v) is 9.32. The first kappa shape index (κ1) is 10.5. The molecule has 3 aromatic rings. The van der Waals surface area contributed by atoms with Crippen LogP contribution in [0.2, 0.25) is 0 Å². The molecule has 0 unspecified atom stereocenters. The lowest BCUT2D eigenvalue weighted by Gasteiger charge is -2.05. The number of hydrogen-bond acceptors (Lipinski definition) is 3. The molecule has 0 radical (unpaired) electrons. The zero-order chi connectivity index (χ0) is 12.5. The normalized spacial score (nSPS) is 10.7. The Morgan fingerprint density at radius 1 is 1.17 bits per heavy atom. The van der Waals surface area contributed by atoms with Crippen LogP contribution in [0, 0.1) is 0 Å². The van der Waals surface area contributed by atoms with Gasteiger partial charge in [-0.25, -0.2) is 9.78 Å². The summed E-state index contributed by atoms with van der Waals surface area (Å²) in [5.74, 6) is -1.04. The van der Waals surface area contributed by atoms with Gasteiger partial charge in [0, 0.05) is 17.8 Å². The molecule has 88 valence electrons. The van der Waals surface area contributed by atoms with E-state index in [1.54, 1.807) is 10.8 Å². The van der Waals surface area contributed by atoms with Crippen LogP contribution in [0.5, 0.6) is 0 Å². The molecule has 0 spiro atoms. The van der Waals surface area contributed by atoms with Crippen molar-refractivity contribution in [2.75, 3.05) is 0 Å². The highest BCUT2D eigenvalue weighted by Gasteiger charge is 2.09. The number of benzene rings is 1. The van der Waals surface area contributed by atoms with Gasteiger partial charge in [-0.15, -0.1) is 0 Å². The summed E-state index contributed by atoms with van der Waals surface area (Å²) in [6.45, 7) is 0. The van der Waals surface area contributed by atoms with Gasteiger partial charge in [-0.1, -0.05) is 18.2 Å². The number of para-hydroxylation sites is 1. The molecule has 0 amide bonds. The Morgan fingerprint density at radius 2 is 2.00 bits per heavy atom. The van der Waals surface area contributed by atoms with Crippen molar-refractivity contribution in [3.05, 3.63) is 54.7 Å². The van der Waals surface area contributed by atoms with E-state index in [0.717, 1.165) is 16.6 Å². The fourth-order valence-electron chi connectivity index (χ4n) is 1.86. The molecule has 18 heavy (non-hydrogen) atoms. The standard InChI is InChI=1S/C13H9N3O2/c17-13(18)10-7-16(8-15-10)11-5-1-3-9-4-2-6-14-12(9)11/h1-8H,(H,17,18). The molecule has 0 atom stereocenters. The molecule has 0 fully saturated rings. The van der Waals surface area contributed by atoms with Crippen LogP contribution in [-0.4, -0.2) is 25.6 Å². The van der Waals surface area contributed by atoms with E-state index < -0.39 is 5.97 Å². The van der Waals surface area contributed by atoms with Crippen LogP contribution in [0.4, 0.5) is 0 Å². The van der Waals surface area contributed by atoms with Gasteiger partial charge in [-0.05, 0) is 12.1 Å². The van der Waals surface area contributed by atoms with Crippen molar-refractivity contribution >= 4 is 16.9 Å². The molecular formula is C13H9N3O2. The number of pyridine rings is 1. The quantitative estimate of drug-likeness (QED) is 0.743. The molecule has 0 aliphatic carbocycles. The van der Waals surface area contributed by atoms with E-state index in [9.17, 15) is 4.79 Å². The number of fused-ring (bicyclic) bond motifs is 1. The number of hydrogen-bond donors (Lipinski definition) is 1. The maximum absolute atomic E-state index is 10.8. The van der Waals surface area contributed by atoms with E-state index in [4.69, 9.17) is 5.11 Å². The van der Waals surface area contributed by atoms with Crippen LogP contribution in [0.3, 0.4) is 0 Å². The summed E-state index contributed by atoms with van der Waals surface area (Å²) in [4.78, 5) is 19.0. The number of rotatable bonds is 2. The number of carbonyl (C=O) groups is 1. The summed E-state index contributed by atoms with van der Waals surface area (Å²) in [5.41, 5.74) is 1.64. The number of nitrogens with zero attached hydrogens (tertiary/aromatic N) is 3. The van der Waals surface area contributed by atoms with Crippen molar-refractivity contribution in [2.24, 2.45) is 0 Å². The number of imidazole rings is 1. The third kappa shape index (κ3) is 1.62. The third-order valence-electron chi connectivity index (χ3n) is 2.69. The molecule has 0 bridgehead atoms. The van der Waals surface area contributed by atoms with Gasteiger partial charge >= 0.3 is 5.97 Å². The monoisotopic (exact) mass is 239 g/mol. The van der Waals surface area contributed by atoms with Crippen LogP contribution in [-0.2, 0) is 0 Å². The van der Waals surface area contributed by atoms with E-state index >= 15 is 0 Å². The second-order valence-electron chi connectivity index (χ2n) is 3.82. The minimum atomic E-state index is -1.04. The minimum Gasteiger partial charge on any atom is -0.476 e. The first-order valence-electron chi connectivity index (χ1n) is 5.37. The Morgan fingerprint density at radius 3 is 2.78 bits per heavy atom. The molecule has 0 aliphatic heterocycles. The molecule has 3 rings (SSSR count). The molecule has 2 heterocycles. The average Bonchev–Trinajstić information content (AvgIpc) is 2.87. The predicted molar refractivity (Wildman–Crippen MR) is 65.8 cm³/mol. The molecule has 1 N–H and O–H groups in total. The van der Waals surface area contributed by atoms with Crippen LogP contribution >= 0.6 is 0 Å². The second-order valence-corrected chi connectivity index (χ2v) is 3.82. The molecule has 0 saturated heterocycles. The minimum absolute atomic E-state index is 0.0166. The summed E-state index contributed by atoms with van der Waals surface area (Å²) in [7, 11) is 0. The maximum Gasteiger partial charge on any atom is 0.356 e. The Kier molecular flexibility index (Phi) is 2.30. The fraction of sp³-hybridized carbons (Fsp3) is 0. The van der Waals surface area contributed by atoms with Crippen molar-refractivity contribution in [1.82, 2.24) is 14.5 Å². The lowest BCUT2D eigenvalue weighted by atomic mass is 10.2. The molecule has 2 aromatic heterocycles. The van der Waals surface area contributed by atoms with E-state index in [-0.39, 0.29) is 5.69 Å². The summed E-state index contributed by atoms with van der Waals surface area (Å²) < 4.78 is 1.67. The summed E-state index contributed by atoms with van der Waals surface area (Å²) in [6.07, 6.45) is 4.67. The number of aromatic carboxylic acids is 1. The fourth-order valence-corrected chi connectivity index (χ4v) is 1.86. The van der Waals surface area contributed by atoms with Gasteiger partial charge < -0.3 is 9.67 Å². The average molecular weight is 239 g/mol. The van der Waals surface area contributed by atoms with E-state index in [2.05, 4.69) is 9.97 Å². The van der Waals surface area contributed by atoms with Crippen LogP contribution in [0.1, 0.15) is 10.5 Å². The first-order chi connectivity index (χ1) is 8.75. The Bertz CT molecular complexity index is 728. The van der Waals surface area contributed by atoms with Crippen molar-refractivity contribution < 1.29 is 9.90 Å². The lowest BCUT2D eigenvalue weighted by molar-refractivity contribution is 0.0691. The Labute approximate surface area is 102 Å². The van der Waals surface area contributed by atoms with Gasteiger partial charge in [0.2, 0.25) is 0 Å². The smallest absolute Gasteiger partial charge is 0.356 e. The summed E-state index contributed by atoms with van der Waals surface area (Å²) in [6, 6.07) is 9.56. The van der Waals surface area contributed by atoms with Gasteiger partial charge in [0.1, 0.15) is 6.33 Å². The first-order valence-corrected chi connectivity index (χ1v) is 5.37. The van der Waals surface area contributed by atoms with Crippen molar-refractivity contribution in [2.45, 2.75) is 0 Å². The number of aromatic nitrogens is 3. The van der Waals surface area contributed by atoms with Crippen molar-refractivity contribution in [3.8, 4) is 5.69 Å². The van der Waals surface area contributed by atoms with Gasteiger partial charge in [0.05, 0.1) is 11.2 Å². The molecule has 0 aliphatic rings. The maximum atomic E-state index is 10.8. The molecule has 1 aromatic carbocycles. The molecular weight excluding hydrogens is 230 g/mol. The highest BCUT2D eigenvalue weighted by molar-refractivity contribution is 5.87. The highest BCUT2D eigenvalue weighted by Crippen LogP contribution is 2.19. The second kappa shape index (κ2) is 3.96. The molecule has 5 heteroatoms. The highest BCUT2D eigenvalue weighted by atomic mass is 16.4.